The number of hydrogen-bond acceptors (Lipinski definition) is 1. The van der Waals surface area contributed by atoms with E-state index in [0.717, 1.165) is 43.4 Å². The molecule has 29 heavy (non-hydrogen) atoms. The lowest BCUT2D eigenvalue weighted by molar-refractivity contribution is 0.221. The van der Waals surface area contributed by atoms with E-state index < -0.39 is 11.6 Å². The van der Waals surface area contributed by atoms with Crippen molar-refractivity contribution in [2.75, 3.05) is 0 Å². The summed E-state index contributed by atoms with van der Waals surface area (Å²) in [6, 6.07) is 4.78. The molecule has 0 heterocycles. The van der Waals surface area contributed by atoms with E-state index in [4.69, 9.17) is 5.26 Å². The molecular weight excluding hydrogens is 364 g/mol. The van der Waals surface area contributed by atoms with Gasteiger partial charge in [-0.15, -0.1) is 0 Å². The van der Waals surface area contributed by atoms with Crippen molar-refractivity contribution in [3.8, 4) is 6.07 Å². The average Bonchev–Trinajstić information content (AvgIpc) is 2.76. The van der Waals surface area contributed by atoms with Crippen LogP contribution in [0.2, 0.25) is 0 Å². The second kappa shape index (κ2) is 11.1. The van der Waals surface area contributed by atoms with Crippen LogP contribution < -0.4 is 0 Å². The molecule has 160 valence electrons. The quantitative estimate of drug-likeness (QED) is 0.402. The van der Waals surface area contributed by atoms with E-state index in [1.54, 1.807) is 12.1 Å². The summed E-state index contributed by atoms with van der Waals surface area (Å²) >= 11 is 0. The van der Waals surface area contributed by atoms with Crippen molar-refractivity contribution in [2.45, 2.75) is 103 Å². The zero-order valence-electron chi connectivity index (χ0n) is 18.1. The van der Waals surface area contributed by atoms with Gasteiger partial charge in [0.2, 0.25) is 0 Å². The fourth-order valence-corrected chi connectivity index (χ4v) is 5.69. The van der Waals surface area contributed by atoms with Crippen LogP contribution in [0.15, 0.2) is 12.1 Å². The maximum Gasteiger partial charge on any atom is 0.176 e. The van der Waals surface area contributed by atoms with Gasteiger partial charge in [-0.25, -0.2) is 8.78 Å². The van der Waals surface area contributed by atoms with Gasteiger partial charge in [0.25, 0.3) is 0 Å². The van der Waals surface area contributed by atoms with Crippen molar-refractivity contribution in [1.82, 2.24) is 0 Å². The first-order valence-corrected chi connectivity index (χ1v) is 12.0. The van der Waals surface area contributed by atoms with Crippen molar-refractivity contribution in [3.63, 3.8) is 0 Å². The van der Waals surface area contributed by atoms with Gasteiger partial charge in [0, 0.05) is 0 Å². The third-order valence-corrected chi connectivity index (χ3v) is 7.68. The number of unbranched alkanes of at least 4 members (excludes halogenated alkanes) is 2. The molecule has 2 saturated carbocycles. The monoisotopic (exact) mass is 401 g/mol. The molecule has 2 fully saturated rings. The summed E-state index contributed by atoms with van der Waals surface area (Å²) in [5.41, 5.74) is 0.279. The van der Waals surface area contributed by atoms with E-state index >= 15 is 0 Å². The highest BCUT2D eigenvalue weighted by Gasteiger charge is 2.27. The Labute approximate surface area is 175 Å². The second-order valence-corrected chi connectivity index (χ2v) is 9.62. The van der Waals surface area contributed by atoms with E-state index in [-0.39, 0.29) is 11.5 Å². The highest BCUT2D eigenvalue weighted by molar-refractivity contribution is 5.36. The maximum absolute atomic E-state index is 14.3. The minimum atomic E-state index is -0.975. The van der Waals surface area contributed by atoms with Crippen LogP contribution in [0.5, 0.6) is 0 Å². The fraction of sp³-hybridized carbons (Fsp3) is 0.731. The van der Waals surface area contributed by atoms with Crippen LogP contribution in [0.1, 0.15) is 114 Å². The molecule has 1 aromatic rings. The van der Waals surface area contributed by atoms with E-state index in [9.17, 15) is 8.78 Å². The van der Waals surface area contributed by atoms with Crippen LogP contribution >= 0.6 is 0 Å². The van der Waals surface area contributed by atoms with Crippen LogP contribution in [-0.4, -0.2) is 0 Å². The predicted molar refractivity (Wildman–Crippen MR) is 115 cm³/mol. The van der Waals surface area contributed by atoms with E-state index in [0.29, 0.717) is 5.56 Å². The van der Waals surface area contributed by atoms with Gasteiger partial charge < -0.3 is 0 Å². The van der Waals surface area contributed by atoms with Gasteiger partial charge in [-0.05, 0) is 61.0 Å². The molecule has 0 aliphatic heterocycles. The summed E-state index contributed by atoms with van der Waals surface area (Å²) in [4.78, 5) is 0. The first-order chi connectivity index (χ1) is 14.1. The third-order valence-electron chi connectivity index (χ3n) is 7.68. The molecule has 0 radical (unpaired) electrons. The molecule has 2 aliphatic rings. The smallest absolute Gasteiger partial charge is 0.176 e. The van der Waals surface area contributed by atoms with E-state index in [1.165, 1.54) is 70.3 Å². The number of rotatable bonds is 8. The molecule has 3 heteroatoms. The first kappa shape index (κ1) is 22.3. The topological polar surface area (TPSA) is 23.8 Å². The molecule has 0 atom stereocenters. The number of benzene rings is 1. The first-order valence-electron chi connectivity index (χ1n) is 12.0. The zero-order chi connectivity index (χ0) is 20.6. The Morgan fingerprint density at radius 2 is 1.34 bits per heavy atom. The van der Waals surface area contributed by atoms with Crippen molar-refractivity contribution in [1.29, 1.82) is 5.26 Å². The Balaban J connectivity index is 1.38. The molecule has 0 unspecified atom stereocenters. The Hall–Kier alpha value is -1.43. The largest absolute Gasteiger partial charge is 0.203 e. The maximum atomic E-state index is 14.3. The summed E-state index contributed by atoms with van der Waals surface area (Å²) in [6.07, 6.45) is 18.1. The summed E-state index contributed by atoms with van der Waals surface area (Å²) < 4.78 is 28.3. The lowest BCUT2D eigenvalue weighted by Gasteiger charge is -2.32. The van der Waals surface area contributed by atoms with Gasteiger partial charge in [-0.2, -0.15) is 5.26 Å². The molecule has 3 rings (SSSR count). The SMILES string of the molecule is CCCCC[C@H]1CC[C@H](CCC2CCC(c3ccc(C#N)c(F)c3F)CC2)CC1. The van der Waals surface area contributed by atoms with E-state index in [1.807, 2.05) is 0 Å². The third kappa shape index (κ3) is 6.03. The highest BCUT2D eigenvalue weighted by Crippen LogP contribution is 2.41. The van der Waals surface area contributed by atoms with Gasteiger partial charge in [0.15, 0.2) is 11.6 Å². The number of hydrogen-bond donors (Lipinski definition) is 0. The number of nitriles is 1. The molecule has 1 nitrogen and oxygen atoms in total. The predicted octanol–water partition coefficient (Wildman–Crippen LogP) is 8.28. The summed E-state index contributed by atoms with van der Waals surface area (Å²) in [5, 5.41) is 8.85. The summed E-state index contributed by atoms with van der Waals surface area (Å²) in [5.74, 6) is 0.976. The van der Waals surface area contributed by atoms with Crippen LogP contribution in [0, 0.1) is 40.7 Å². The van der Waals surface area contributed by atoms with Gasteiger partial charge in [0.1, 0.15) is 6.07 Å². The number of halogens is 2. The highest BCUT2D eigenvalue weighted by atomic mass is 19.2. The van der Waals surface area contributed by atoms with Gasteiger partial charge in [-0.3, -0.25) is 0 Å². The van der Waals surface area contributed by atoms with Crippen molar-refractivity contribution in [2.24, 2.45) is 17.8 Å². The average molecular weight is 402 g/mol. The van der Waals surface area contributed by atoms with Crippen molar-refractivity contribution in [3.05, 3.63) is 34.9 Å². The van der Waals surface area contributed by atoms with Crippen LogP contribution in [-0.2, 0) is 0 Å². The second-order valence-electron chi connectivity index (χ2n) is 9.62. The molecule has 0 saturated heterocycles. The Morgan fingerprint density at radius 3 is 1.90 bits per heavy atom. The van der Waals surface area contributed by atoms with Crippen molar-refractivity contribution < 1.29 is 8.78 Å². The molecule has 1 aromatic carbocycles. The van der Waals surface area contributed by atoms with Crippen LogP contribution in [0.25, 0.3) is 0 Å². The lowest BCUT2D eigenvalue weighted by atomic mass is 9.74. The zero-order valence-corrected chi connectivity index (χ0v) is 18.1. The van der Waals surface area contributed by atoms with Crippen molar-refractivity contribution >= 4 is 0 Å². The number of nitrogens with zero attached hydrogens (tertiary/aromatic N) is 1. The molecule has 0 amide bonds. The Bertz CT molecular complexity index is 677. The molecular formula is C26H37F2N. The Kier molecular flexibility index (Phi) is 8.52. The van der Waals surface area contributed by atoms with E-state index in [2.05, 4.69) is 6.92 Å². The normalized spacial score (nSPS) is 27.5. The standard InChI is InChI=1S/C26H37F2N/c1-2-3-4-5-19-6-8-20(9-7-19)10-11-21-12-14-22(15-13-21)24-17-16-23(18-29)25(27)26(24)28/h16-17,19-22H,2-15H2,1H3/t19-,20-,21?,22?. The summed E-state index contributed by atoms with van der Waals surface area (Å²) in [6.45, 7) is 2.28. The molecule has 2 aliphatic carbocycles. The van der Waals surface area contributed by atoms with Crippen LogP contribution in [0.4, 0.5) is 8.78 Å². The minimum Gasteiger partial charge on any atom is -0.203 e. The van der Waals surface area contributed by atoms with Gasteiger partial charge >= 0.3 is 0 Å². The Morgan fingerprint density at radius 1 is 0.793 bits per heavy atom. The fourth-order valence-electron chi connectivity index (χ4n) is 5.69. The lowest BCUT2D eigenvalue weighted by Crippen LogP contribution is -2.18. The molecule has 0 N–H and O–H groups in total. The minimum absolute atomic E-state index is 0.104. The molecule has 0 bridgehead atoms. The van der Waals surface area contributed by atoms with Gasteiger partial charge in [0.05, 0.1) is 5.56 Å². The van der Waals surface area contributed by atoms with Gasteiger partial charge in [-0.1, -0.05) is 77.2 Å². The van der Waals surface area contributed by atoms with Crippen LogP contribution in [0.3, 0.4) is 0 Å². The summed E-state index contributed by atoms with van der Waals surface area (Å²) in [7, 11) is 0. The molecule has 0 aromatic heterocycles. The molecule has 0 spiro atoms.